The molecule has 1 aromatic carbocycles. The molecule has 0 amide bonds. The van der Waals surface area contributed by atoms with Gasteiger partial charge in [-0.05, 0) is 31.0 Å². The van der Waals surface area contributed by atoms with Crippen LogP contribution in [0.4, 0.5) is 0 Å². The molecule has 1 aliphatic heterocycles. The topological polar surface area (TPSA) is 28.2 Å². The van der Waals surface area contributed by atoms with Crippen LogP contribution in [0.15, 0.2) is 29.6 Å². The third-order valence-corrected chi connectivity index (χ3v) is 4.72. The van der Waals surface area contributed by atoms with Gasteiger partial charge in [0.1, 0.15) is 5.01 Å². The Hall–Kier alpha value is -1.23. The van der Waals surface area contributed by atoms with Crippen molar-refractivity contribution in [2.45, 2.75) is 25.9 Å². The zero-order chi connectivity index (χ0) is 13.8. The van der Waals surface area contributed by atoms with Crippen molar-refractivity contribution in [1.82, 2.24) is 15.2 Å². The first kappa shape index (κ1) is 13.7. The fourth-order valence-electron chi connectivity index (χ4n) is 2.76. The summed E-state index contributed by atoms with van der Waals surface area (Å²) in [6.45, 7) is 4.12. The van der Waals surface area contributed by atoms with E-state index >= 15 is 0 Å². The van der Waals surface area contributed by atoms with Gasteiger partial charge in [0.25, 0.3) is 0 Å². The number of nitrogens with one attached hydrogen (secondary N) is 1. The molecule has 2 heterocycles. The van der Waals surface area contributed by atoms with Crippen LogP contribution in [-0.2, 0) is 25.9 Å². The first-order valence-electron chi connectivity index (χ1n) is 7.22. The number of hydrogen-bond donors (Lipinski definition) is 1. The van der Waals surface area contributed by atoms with Crippen molar-refractivity contribution < 1.29 is 0 Å². The number of aromatic nitrogens is 1. The first-order chi connectivity index (χ1) is 9.85. The summed E-state index contributed by atoms with van der Waals surface area (Å²) in [4.78, 5) is 7.21. The fourth-order valence-corrected chi connectivity index (χ4v) is 3.55. The Morgan fingerprint density at radius 2 is 1.90 bits per heavy atom. The van der Waals surface area contributed by atoms with E-state index in [9.17, 15) is 0 Å². The molecule has 20 heavy (non-hydrogen) atoms. The normalized spacial score (nSPS) is 15.8. The predicted octanol–water partition coefficient (Wildman–Crippen LogP) is 2.46. The number of fused-ring (bicyclic) bond motifs is 1. The number of benzene rings is 1. The van der Waals surface area contributed by atoms with Crippen molar-refractivity contribution in [2.75, 3.05) is 20.1 Å². The van der Waals surface area contributed by atoms with E-state index < -0.39 is 0 Å². The molecule has 3 rings (SSSR count). The Bertz CT molecular complexity index is 537. The Morgan fingerprint density at radius 1 is 1.20 bits per heavy atom. The van der Waals surface area contributed by atoms with E-state index in [1.165, 1.54) is 21.8 Å². The molecule has 3 nitrogen and oxygen atoms in total. The van der Waals surface area contributed by atoms with Crippen LogP contribution in [0.2, 0.25) is 0 Å². The van der Waals surface area contributed by atoms with Crippen molar-refractivity contribution >= 4 is 11.3 Å². The zero-order valence-corrected chi connectivity index (χ0v) is 12.7. The second-order valence-corrected chi connectivity index (χ2v) is 6.25. The third kappa shape index (κ3) is 3.26. The molecule has 0 atom stereocenters. The van der Waals surface area contributed by atoms with E-state index in [1.54, 1.807) is 11.3 Å². The van der Waals surface area contributed by atoms with Gasteiger partial charge in [0.15, 0.2) is 0 Å². The third-order valence-electron chi connectivity index (χ3n) is 3.83. The maximum absolute atomic E-state index is 4.69. The van der Waals surface area contributed by atoms with Gasteiger partial charge in [-0.1, -0.05) is 24.3 Å². The molecule has 4 heteroatoms. The van der Waals surface area contributed by atoms with Crippen LogP contribution in [0.1, 0.15) is 21.8 Å². The lowest BCUT2D eigenvalue weighted by Gasteiger charge is -2.18. The van der Waals surface area contributed by atoms with Gasteiger partial charge in [-0.25, -0.2) is 4.98 Å². The minimum absolute atomic E-state index is 0.871. The lowest BCUT2D eigenvalue weighted by molar-refractivity contribution is 0.276. The van der Waals surface area contributed by atoms with E-state index in [0.717, 1.165) is 39.0 Å². The molecule has 0 unspecified atom stereocenters. The van der Waals surface area contributed by atoms with Gasteiger partial charge >= 0.3 is 0 Å². The van der Waals surface area contributed by atoms with E-state index in [0.29, 0.717) is 0 Å². The van der Waals surface area contributed by atoms with Crippen LogP contribution in [0.3, 0.4) is 0 Å². The molecule has 0 bridgehead atoms. The SMILES string of the molecule is CNCc1nc(CN2CCc3ccccc3CC2)cs1. The largest absolute Gasteiger partial charge is 0.314 e. The molecule has 1 aromatic heterocycles. The number of nitrogens with zero attached hydrogens (tertiary/aromatic N) is 2. The monoisotopic (exact) mass is 287 g/mol. The summed E-state index contributed by atoms with van der Waals surface area (Å²) in [5, 5.41) is 6.54. The molecular formula is C16H21N3S. The lowest BCUT2D eigenvalue weighted by Crippen LogP contribution is -2.26. The van der Waals surface area contributed by atoms with E-state index in [-0.39, 0.29) is 0 Å². The summed E-state index contributed by atoms with van der Waals surface area (Å²) < 4.78 is 0. The minimum Gasteiger partial charge on any atom is -0.314 e. The summed E-state index contributed by atoms with van der Waals surface area (Å²) in [5.41, 5.74) is 4.25. The zero-order valence-electron chi connectivity index (χ0n) is 11.9. The highest BCUT2D eigenvalue weighted by Gasteiger charge is 2.14. The summed E-state index contributed by atoms with van der Waals surface area (Å²) in [5.74, 6) is 0. The van der Waals surface area contributed by atoms with Gasteiger partial charge < -0.3 is 5.32 Å². The Balaban J connectivity index is 1.62. The number of hydrogen-bond acceptors (Lipinski definition) is 4. The van der Waals surface area contributed by atoms with Crippen molar-refractivity contribution in [3.8, 4) is 0 Å². The second-order valence-electron chi connectivity index (χ2n) is 5.31. The number of thiazole rings is 1. The lowest BCUT2D eigenvalue weighted by atomic mass is 10.0. The summed E-state index contributed by atoms with van der Waals surface area (Å²) in [6.07, 6.45) is 2.31. The van der Waals surface area contributed by atoms with Crippen molar-refractivity contribution in [1.29, 1.82) is 0 Å². The van der Waals surface area contributed by atoms with Crippen molar-refractivity contribution in [3.05, 3.63) is 51.5 Å². The molecule has 0 aliphatic carbocycles. The highest BCUT2D eigenvalue weighted by molar-refractivity contribution is 7.09. The molecular weight excluding hydrogens is 266 g/mol. The fraction of sp³-hybridized carbons (Fsp3) is 0.438. The van der Waals surface area contributed by atoms with Gasteiger partial charge in [-0.2, -0.15) is 0 Å². The molecule has 0 saturated carbocycles. The molecule has 0 saturated heterocycles. The minimum atomic E-state index is 0.871. The van der Waals surface area contributed by atoms with Crippen LogP contribution in [0.5, 0.6) is 0 Å². The average molecular weight is 287 g/mol. The van der Waals surface area contributed by atoms with E-state index in [1.807, 2.05) is 7.05 Å². The summed E-state index contributed by atoms with van der Waals surface area (Å²) >= 11 is 1.75. The van der Waals surface area contributed by atoms with Gasteiger partial charge in [-0.3, -0.25) is 4.90 Å². The second kappa shape index (κ2) is 6.48. The Labute approximate surface area is 124 Å². The molecule has 106 valence electrons. The van der Waals surface area contributed by atoms with Gasteiger partial charge in [0.2, 0.25) is 0 Å². The van der Waals surface area contributed by atoms with Gasteiger partial charge in [0.05, 0.1) is 5.69 Å². The van der Waals surface area contributed by atoms with Crippen LogP contribution in [0.25, 0.3) is 0 Å². The first-order valence-corrected chi connectivity index (χ1v) is 8.10. The molecule has 0 spiro atoms. The maximum atomic E-state index is 4.69. The molecule has 2 aromatic rings. The van der Waals surface area contributed by atoms with Gasteiger partial charge in [-0.15, -0.1) is 11.3 Å². The average Bonchev–Trinajstić information content (AvgIpc) is 2.80. The smallest absolute Gasteiger partial charge is 0.107 e. The quantitative estimate of drug-likeness (QED) is 0.936. The standard InChI is InChI=1S/C16H21N3S/c1-17-10-16-18-15(12-20-16)11-19-8-6-13-4-2-3-5-14(13)7-9-19/h2-5,12,17H,6-11H2,1H3. The van der Waals surface area contributed by atoms with Crippen LogP contribution in [-0.4, -0.2) is 30.0 Å². The maximum Gasteiger partial charge on any atom is 0.107 e. The Morgan fingerprint density at radius 3 is 2.55 bits per heavy atom. The summed E-state index contributed by atoms with van der Waals surface area (Å²) in [7, 11) is 1.97. The van der Waals surface area contributed by atoms with Crippen molar-refractivity contribution in [2.24, 2.45) is 0 Å². The van der Waals surface area contributed by atoms with Crippen molar-refractivity contribution in [3.63, 3.8) is 0 Å². The van der Waals surface area contributed by atoms with Crippen LogP contribution in [0, 0.1) is 0 Å². The van der Waals surface area contributed by atoms with Crippen LogP contribution >= 0.6 is 11.3 Å². The molecule has 1 aliphatic rings. The van der Waals surface area contributed by atoms with Gasteiger partial charge in [0, 0.05) is 31.6 Å². The van der Waals surface area contributed by atoms with Crippen LogP contribution < -0.4 is 5.32 Å². The predicted molar refractivity (Wildman–Crippen MR) is 84.0 cm³/mol. The highest BCUT2D eigenvalue weighted by Crippen LogP contribution is 2.18. The summed E-state index contributed by atoms with van der Waals surface area (Å²) in [6, 6.07) is 8.84. The molecule has 0 fully saturated rings. The van der Waals surface area contributed by atoms with E-state index in [4.69, 9.17) is 0 Å². The Kier molecular flexibility index (Phi) is 4.45. The highest BCUT2D eigenvalue weighted by atomic mass is 32.1. The molecule has 1 N–H and O–H groups in total. The number of rotatable bonds is 4. The molecule has 0 radical (unpaired) electrons. The van der Waals surface area contributed by atoms with E-state index in [2.05, 4.69) is 44.8 Å².